The third-order valence-corrected chi connectivity index (χ3v) is 3.64. The van der Waals surface area contributed by atoms with Crippen molar-refractivity contribution in [2.24, 2.45) is 5.41 Å². The molecule has 1 fully saturated rings. The van der Waals surface area contributed by atoms with Crippen LogP contribution in [0.2, 0.25) is 0 Å². The van der Waals surface area contributed by atoms with Crippen molar-refractivity contribution in [1.82, 2.24) is 10.2 Å². The Kier molecular flexibility index (Phi) is 6.32. The third kappa shape index (κ3) is 4.40. The average Bonchev–Trinajstić information content (AvgIpc) is 2.67. The van der Waals surface area contributed by atoms with Gasteiger partial charge in [0.25, 0.3) is 0 Å². The molecule has 0 unspecified atom stereocenters. The van der Waals surface area contributed by atoms with E-state index in [0.717, 1.165) is 26.3 Å². The van der Waals surface area contributed by atoms with Gasteiger partial charge in [0.2, 0.25) is 0 Å². The van der Waals surface area contributed by atoms with E-state index in [1.54, 1.807) is 0 Å². The van der Waals surface area contributed by atoms with Crippen molar-refractivity contribution in [2.45, 2.75) is 32.6 Å². The fourth-order valence-electron chi connectivity index (χ4n) is 2.91. The molecule has 0 aromatic rings. The summed E-state index contributed by atoms with van der Waals surface area (Å²) in [4.78, 5) is 2.43. The Morgan fingerprint density at radius 2 is 2.00 bits per heavy atom. The zero-order valence-corrected chi connectivity index (χ0v) is 11.2. The summed E-state index contributed by atoms with van der Waals surface area (Å²) in [5, 5.41) is 3.37. The lowest BCUT2D eigenvalue weighted by atomic mass is 9.85. The minimum absolute atomic E-state index is 0.524. The van der Waals surface area contributed by atoms with Crippen LogP contribution in [0.25, 0.3) is 0 Å². The summed E-state index contributed by atoms with van der Waals surface area (Å²) in [5.74, 6) is 0. The molecule has 0 heterocycles. The molecule has 3 nitrogen and oxygen atoms in total. The Labute approximate surface area is 101 Å². The number of hydrogen-bond acceptors (Lipinski definition) is 3. The number of nitrogens with zero attached hydrogens (tertiary/aromatic N) is 1. The molecule has 3 heteroatoms. The van der Waals surface area contributed by atoms with Crippen LogP contribution in [0.4, 0.5) is 0 Å². The van der Waals surface area contributed by atoms with E-state index in [0.29, 0.717) is 5.41 Å². The van der Waals surface area contributed by atoms with Crippen molar-refractivity contribution in [3.63, 3.8) is 0 Å². The molecule has 0 atom stereocenters. The molecule has 1 N–H and O–H groups in total. The Hall–Kier alpha value is -0.120. The molecule has 0 radical (unpaired) electrons. The highest BCUT2D eigenvalue weighted by molar-refractivity contribution is 4.88. The van der Waals surface area contributed by atoms with Gasteiger partial charge in [-0.2, -0.15) is 0 Å². The molecule has 16 heavy (non-hydrogen) atoms. The zero-order valence-electron chi connectivity index (χ0n) is 11.2. The topological polar surface area (TPSA) is 24.5 Å². The molecule has 1 saturated carbocycles. The summed E-state index contributed by atoms with van der Waals surface area (Å²) >= 11 is 0. The van der Waals surface area contributed by atoms with E-state index in [2.05, 4.69) is 31.2 Å². The molecule has 0 aliphatic heterocycles. The van der Waals surface area contributed by atoms with Crippen LogP contribution >= 0.6 is 0 Å². The Morgan fingerprint density at radius 1 is 1.31 bits per heavy atom. The van der Waals surface area contributed by atoms with Gasteiger partial charge < -0.3 is 15.0 Å². The van der Waals surface area contributed by atoms with E-state index >= 15 is 0 Å². The van der Waals surface area contributed by atoms with Gasteiger partial charge in [0.05, 0.1) is 6.61 Å². The maximum absolute atomic E-state index is 5.40. The number of ether oxygens (including phenoxy) is 1. The smallest absolute Gasteiger partial charge is 0.0593 e. The van der Waals surface area contributed by atoms with Crippen LogP contribution in [0.3, 0.4) is 0 Å². The standard InChI is InChI=1S/C13H28N2O/c1-4-16-10-9-15(3)12-13(11-14-2)7-5-6-8-13/h14H,4-12H2,1-3H3. The molecular formula is C13H28N2O. The van der Waals surface area contributed by atoms with Gasteiger partial charge in [0.1, 0.15) is 0 Å². The van der Waals surface area contributed by atoms with Gasteiger partial charge in [-0.1, -0.05) is 12.8 Å². The van der Waals surface area contributed by atoms with Crippen molar-refractivity contribution < 1.29 is 4.74 Å². The summed E-state index contributed by atoms with van der Waals surface area (Å²) in [6, 6.07) is 0. The molecule has 1 aliphatic carbocycles. The first kappa shape index (κ1) is 13.9. The van der Waals surface area contributed by atoms with Gasteiger partial charge in [-0.25, -0.2) is 0 Å². The van der Waals surface area contributed by atoms with E-state index < -0.39 is 0 Å². The van der Waals surface area contributed by atoms with Gasteiger partial charge in [-0.05, 0) is 39.3 Å². The molecule has 1 aliphatic rings. The van der Waals surface area contributed by atoms with E-state index in [9.17, 15) is 0 Å². The molecule has 96 valence electrons. The number of likely N-dealkylation sites (N-methyl/N-ethyl adjacent to an activating group) is 1. The van der Waals surface area contributed by atoms with Crippen LogP contribution in [0.5, 0.6) is 0 Å². The second-order valence-corrected chi connectivity index (χ2v) is 5.17. The van der Waals surface area contributed by atoms with Gasteiger partial charge in [0, 0.05) is 26.2 Å². The highest BCUT2D eigenvalue weighted by atomic mass is 16.5. The minimum Gasteiger partial charge on any atom is -0.380 e. The quantitative estimate of drug-likeness (QED) is 0.640. The fraction of sp³-hybridized carbons (Fsp3) is 1.00. The lowest BCUT2D eigenvalue weighted by molar-refractivity contribution is 0.100. The largest absolute Gasteiger partial charge is 0.380 e. The first-order valence-electron chi connectivity index (χ1n) is 6.63. The molecule has 0 aromatic carbocycles. The maximum Gasteiger partial charge on any atom is 0.0593 e. The van der Waals surface area contributed by atoms with Crippen LogP contribution < -0.4 is 5.32 Å². The van der Waals surface area contributed by atoms with Gasteiger partial charge in [0.15, 0.2) is 0 Å². The first-order valence-corrected chi connectivity index (χ1v) is 6.63. The summed E-state index contributed by atoms with van der Waals surface area (Å²) in [5.41, 5.74) is 0.524. The van der Waals surface area contributed by atoms with Crippen LogP contribution in [-0.4, -0.2) is 51.8 Å². The van der Waals surface area contributed by atoms with Crippen LogP contribution in [0, 0.1) is 5.41 Å². The first-order chi connectivity index (χ1) is 7.72. The van der Waals surface area contributed by atoms with Gasteiger partial charge >= 0.3 is 0 Å². The Bertz CT molecular complexity index is 179. The summed E-state index contributed by atoms with van der Waals surface area (Å²) in [7, 11) is 4.29. The number of hydrogen-bond donors (Lipinski definition) is 1. The predicted octanol–water partition coefficient (Wildman–Crippen LogP) is 1.73. The predicted molar refractivity (Wildman–Crippen MR) is 68.8 cm³/mol. The van der Waals surface area contributed by atoms with Crippen LogP contribution in [0.15, 0.2) is 0 Å². The summed E-state index contributed by atoms with van der Waals surface area (Å²) in [6.07, 6.45) is 5.57. The van der Waals surface area contributed by atoms with Crippen molar-refractivity contribution in [1.29, 1.82) is 0 Å². The SMILES string of the molecule is CCOCCN(C)CC1(CNC)CCCC1. The second kappa shape index (κ2) is 7.25. The van der Waals surface area contributed by atoms with Crippen molar-refractivity contribution in [3.8, 4) is 0 Å². The highest BCUT2D eigenvalue weighted by Crippen LogP contribution is 2.37. The molecule has 1 rings (SSSR count). The lowest BCUT2D eigenvalue weighted by Gasteiger charge is -2.33. The van der Waals surface area contributed by atoms with E-state index in [-0.39, 0.29) is 0 Å². The van der Waals surface area contributed by atoms with Gasteiger partial charge in [-0.15, -0.1) is 0 Å². The lowest BCUT2D eigenvalue weighted by Crippen LogP contribution is -2.41. The molecule has 0 aromatic heterocycles. The Morgan fingerprint density at radius 3 is 2.56 bits per heavy atom. The fourth-order valence-corrected chi connectivity index (χ4v) is 2.91. The van der Waals surface area contributed by atoms with Gasteiger partial charge in [-0.3, -0.25) is 0 Å². The van der Waals surface area contributed by atoms with E-state index in [4.69, 9.17) is 4.74 Å². The second-order valence-electron chi connectivity index (χ2n) is 5.17. The molecule has 0 bridgehead atoms. The van der Waals surface area contributed by atoms with E-state index in [1.165, 1.54) is 32.2 Å². The van der Waals surface area contributed by atoms with Crippen LogP contribution in [-0.2, 0) is 4.74 Å². The number of nitrogens with one attached hydrogen (secondary N) is 1. The molecular weight excluding hydrogens is 200 g/mol. The zero-order chi connectivity index (χ0) is 11.9. The normalized spacial score (nSPS) is 19.5. The molecule has 0 saturated heterocycles. The third-order valence-electron chi connectivity index (χ3n) is 3.64. The highest BCUT2D eigenvalue weighted by Gasteiger charge is 2.33. The molecule has 0 amide bonds. The maximum atomic E-state index is 5.40. The summed E-state index contributed by atoms with van der Waals surface area (Å²) in [6.45, 7) is 7.17. The molecule has 0 spiro atoms. The van der Waals surface area contributed by atoms with E-state index in [1.807, 2.05) is 0 Å². The van der Waals surface area contributed by atoms with Crippen molar-refractivity contribution in [2.75, 3.05) is 46.9 Å². The minimum atomic E-state index is 0.524. The summed E-state index contributed by atoms with van der Waals surface area (Å²) < 4.78 is 5.40. The monoisotopic (exact) mass is 228 g/mol. The van der Waals surface area contributed by atoms with Crippen molar-refractivity contribution in [3.05, 3.63) is 0 Å². The Balaban J connectivity index is 2.30. The van der Waals surface area contributed by atoms with Crippen LogP contribution in [0.1, 0.15) is 32.6 Å². The van der Waals surface area contributed by atoms with Crippen molar-refractivity contribution >= 4 is 0 Å². The average molecular weight is 228 g/mol. The number of rotatable bonds is 8.